The largest absolute Gasteiger partial charge is 0.396 e. The van der Waals surface area contributed by atoms with Crippen molar-refractivity contribution in [1.82, 2.24) is 59.8 Å². The highest BCUT2D eigenvalue weighted by Crippen LogP contribution is 2.54. The second-order valence-electron chi connectivity index (χ2n) is 34.1. The molecular weight excluding hydrogens is 1560 g/mol. The smallest absolute Gasteiger partial charge is 0.264 e. The summed E-state index contributed by atoms with van der Waals surface area (Å²) in [5.41, 5.74) is 12.7. The highest BCUT2D eigenvalue weighted by molar-refractivity contribution is 7.17. The van der Waals surface area contributed by atoms with E-state index in [0.717, 1.165) is 88.5 Å². The van der Waals surface area contributed by atoms with Crippen molar-refractivity contribution in [2.45, 2.75) is 257 Å². The van der Waals surface area contributed by atoms with Crippen LogP contribution in [0.1, 0.15) is 304 Å². The Morgan fingerprint density at radius 1 is 0.316 bits per heavy atom. The molecule has 3 atom stereocenters. The summed E-state index contributed by atoms with van der Waals surface area (Å²) in [6.45, 7) is 32.7. The topological polar surface area (TPSA) is 155 Å². The van der Waals surface area contributed by atoms with Gasteiger partial charge >= 0.3 is 6.18 Å². The number of thiazole rings is 6. The van der Waals surface area contributed by atoms with Crippen LogP contribution in [0, 0.1) is 29.3 Å². The van der Waals surface area contributed by atoms with Crippen molar-refractivity contribution < 1.29 is 26.3 Å². The molecule has 114 heavy (non-hydrogen) atoms. The van der Waals surface area contributed by atoms with Crippen molar-refractivity contribution in [3.63, 3.8) is 0 Å². The van der Waals surface area contributed by atoms with Crippen LogP contribution in [0.15, 0.2) is 129 Å². The molecule has 0 N–H and O–H groups in total. The normalized spacial score (nSPS) is 16.3. The molecule has 0 saturated heterocycles. The van der Waals surface area contributed by atoms with Crippen molar-refractivity contribution in [2.75, 3.05) is 0 Å². The van der Waals surface area contributed by atoms with Gasteiger partial charge in [-0.2, -0.15) is 13.2 Å². The minimum atomic E-state index is -4.22. The van der Waals surface area contributed by atoms with Gasteiger partial charge in [-0.15, -0.1) is 68.0 Å². The molecule has 3 unspecified atom stereocenters. The fourth-order valence-electron chi connectivity index (χ4n) is 12.9. The number of hydrogen-bond donors (Lipinski definition) is 0. The van der Waals surface area contributed by atoms with E-state index in [1.54, 1.807) is 71.1 Å². The van der Waals surface area contributed by atoms with Crippen molar-refractivity contribution in [3.05, 3.63) is 210 Å². The zero-order chi connectivity index (χ0) is 81.1. The Hall–Kier alpha value is -7.74. The van der Waals surface area contributed by atoms with E-state index in [9.17, 15) is 26.3 Å². The van der Waals surface area contributed by atoms with Gasteiger partial charge in [-0.3, -0.25) is 29.9 Å². The Labute approximate surface area is 691 Å². The molecule has 0 amide bonds. The van der Waals surface area contributed by atoms with Crippen LogP contribution in [0.2, 0.25) is 0 Å². The molecule has 6 fully saturated rings. The first kappa shape index (κ1) is 84.2. The maximum atomic E-state index is 13.3. The standard InChI is InChI=1S/C16H19FN2S.C16H20N2S.C15H17FN2S.C15H18N2S.C14H13F3N2S.C14H15FN2S/c1-9(2)10(3)15-14(11-4-5-11)19-16(20-15)12-6-13(17)8-18-7-12;1-10(2)11(3)15-14(12-6-7-12)18-16(19-15)13-5-4-8-17-9-13;1-15(2,3)13-12(9-4-5-9)18-14(19-13)10-6-11(16)8-17-7-10;1-15(2,3)13-12(10-6-7-10)17-14(18-13)11-5-4-8-16-9-11;1-8(14(15,16)17)12-11(9-4-5-9)19-13(20-12)10-3-2-6-18-7-10;1-8(2)13-12(9-3-4-9)17-14(18-13)10-5-11(15)7-16-6-10/h6-11H,4-5H2,1-3H3;4-5,8-12H,6-7H2,1-3H3;6-9H,4-5H2,1-3H3;4-5,8-10H,6-7H2,1-3H3;2-3,6-9H,4-5H2,1H3;5-9H,3-4H2,1-2H3. The molecule has 6 aliphatic carbocycles. The van der Waals surface area contributed by atoms with Crippen LogP contribution in [0.3, 0.4) is 0 Å². The predicted molar refractivity (Wildman–Crippen MR) is 456 cm³/mol. The number of halogens is 6. The highest BCUT2D eigenvalue weighted by Gasteiger charge is 2.43. The molecule has 18 rings (SSSR count). The summed E-state index contributed by atoms with van der Waals surface area (Å²) in [5, 5.41) is 5.58. The highest BCUT2D eigenvalue weighted by atomic mass is 32.1. The quantitative estimate of drug-likeness (QED) is 0.0751. The van der Waals surface area contributed by atoms with E-state index < -0.39 is 12.1 Å². The molecular formula is C90H102F6N12S6. The number of nitrogens with zero attached hydrogens (tertiary/aromatic N) is 12. The second-order valence-corrected chi connectivity index (χ2v) is 40.2. The second kappa shape index (κ2) is 36.0. The van der Waals surface area contributed by atoms with Crippen LogP contribution in [-0.4, -0.2) is 66.0 Å². The maximum absolute atomic E-state index is 13.3. The lowest BCUT2D eigenvalue weighted by molar-refractivity contribution is -0.145. The monoisotopic (exact) mass is 1660 g/mol. The molecule has 12 nitrogen and oxygen atoms in total. The van der Waals surface area contributed by atoms with E-state index in [1.165, 1.54) is 161 Å². The molecule has 24 heteroatoms. The third kappa shape index (κ3) is 21.7. The van der Waals surface area contributed by atoms with Crippen LogP contribution in [0.4, 0.5) is 26.3 Å². The van der Waals surface area contributed by atoms with Crippen LogP contribution in [0.5, 0.6) is 0 Å². The van der Waals surface area contributed by atoms with Crippen LogP contribution in [0.25, 0.3) is 63.4 Å². The number of alkyl halides is 3. The Kier molecular flexibility index (Phi) is 26.6. The number of rotatable bonds is 18. The van der Waals surface area contributed by atoms with Crippen molar-refractivity contribution in [1.29, 1.82) is 0 Å². The predicted octanol–water partition coefficient (Wildman–Crippen LogP) is 27.8. The number of pyridine rings is 6. The van der Waals surface area contributed by atoms with E-state index in [-0.39, 0.29) is 34.2 Å². The maximum Gasteiger partial charge on any atom is 0.396 e. The van der Waals surface area contributed by atoms with E-state index in [4.69, 9.17) is 24.9 Å². The Balaban J connectivity index is 0.000000119. The summed E-state index contributed by atoms with van der Waals surface area (Å²) >= 11 is 9.91. The lowest BCUT2D eigenvalue weighted by atomic mass is 9.92. The fraction of sp³-hybridized carbons (Fsp3) is 0.467. The zero-order valence-electron chi connectivity index (χ0n) is 67.6. The van der Waals surface area contributed by atoms with Gasteiger partial charge in [0, 0.05) is 154 Å². The first-order chi connectivity index (χ1) is 54.3. The summed E-state index contributed by atoms with van der Waals surface area (Å²) in [4.78, 5) is 60.0. The number of aromatic nitrogens is 12. The van der Waals surface area contributed by atoms with Crippen molar-refractivity contribution in [3.8, 4) is 63.4 Å². The van der Waals surface area contributed by atoms with Gasteiger partial charge in [0.25, 0.3) is 0 Å². The van der Waals surface area contributed by atoms with Gasteiger partial charge in [-0.05, 0) is 179 Å². The van der Waals surface area contributed by atoms with Gasteiger partial charge in [-0.25, -0.2) is 43.1 Å². The average molecular weight is 1660 g/mol. The van der Waals surface area contributed by atoms with E-state index in [1.807, 2.05) is 65.7 Å². The fourth-order valence-corrected chi connectivity index (χ4v) is 20.4. The van der Waals surface area contributed by atoms with Gasteiger partial charge in [0.15, 0.2) is 0 Å². The van der Waals surface area contributed by atoms with Gasteiger partial charge in [0.1, 0.15) is 47.5 Å². The van der Waals surface area contributed by atoms with Crippen LogP contribution in [-0.2, 0) is 10.8 Å². The lowest BCUT2D eigenvalue weighted by Gasteiger charge is -2.17. The van der Waals surface area contributed by atoms with E-state index >= 15 is 0 Å². The summed E-state index contributed by atoms with van der Waals surface area (Å²) in [7, 11) is 0. The Morgan fingerprint density at radius 2 is 0.570 bits per heavy atom. The van der Waals surface area contributed by atoms with Gasteiger partial charge in [-0.1, -0.05) is 96.9 Å². The molecule has 0 spiro atoms. The molecule has 6 aliphatic rings. The Bertz CT molecular complexity index is 5140. The molecule has 12 aromatic rings. The molecule has 600 valence electrons. The van der Waals surface area contributed by atoms with Gasteiger partial charge in [0.2, 0.25) is 0 Å². The summed E-state index contributed by atoms with van der Waals surface area (Å²) < 4.78 is 78.7. The minimum absolute atomic E-state index is 0.0919. The lowest BCUT2D eigenvalue weighted by Crippen LogP contribution is -2.17. The third-order valence-corrected chi connectivity index (χ3v) is 29.5. The summed E-state index contributed by atoms with van der Waals surface area (Å²) in [6.07, 6.45) is 29.8. The molecule has 0 bridgehead atoms. The number of hydrogen-bond acceptors (Lipinski definition) is 18. The average Bonchev–Trinajstić information content (AvgIpc) is 1.65. The van der Waals surface area contributed by atoms with E-state index in [0.29, 0.717) is 68.8 Å². The molecule has 6 saturated carbocycles. The van der Waals surface area contributed by atoms with Gasteiger partial charge in [0.05, 0.1) is 58.7 Å². The van der Waals surface area contributed by atoms with Crippen LogP contribution >= 0.6 is 68.0 Å². The SMILES string of the molecule is CC(C)(C)c1sc(-c2cccnc2)nc1C1CC1.CC(C)(C)c1sc(-c2cncc(F)c2)nc1C1CC1.CC(C)C(C)c1sc(-c2cccnc2)nc1C1CC1.CC(C)C(C)c1sc(-c2cncc(F)c2)nc1C1CC1.CC(C)c1sc(-c2cncc(F)c2)nc1C1CC1.CC(c1sc(-c2cccnc2)nc1C1CC1)C(F)(F)F. The zero-order valence-corrected chi connectivity index (χ0v) is 72.5. The van der Waals surface area contributed by atoms with Crippen molar-refractivity contribution in [2.24, 2.45) is 11.8 Å². The molecule has 0 radical (unpaired) electrons. The minimum Gasteiger partial charge on any atom is -0.264 e. The molecule has 12 heterocycles. The summed E-state index contributed by atoms with van der Waals surface area (Å²) in [6, 6.07) is 16.3. The molecule has 12 aromatic heterocycles. The molecule has 0 aliphatic heterocycles. The van der Waals surface area contributed by atoms with Gasteiger partial charge < -0.3 is 0 Å². The van der Waals surface area contributed by atoms with E-state index in [2.05, 4.69) is 144 Å². The van der Waals surface area contributed by atoms with Crippen LogP contribution < -0.4 is 0 Å². The van der Waals surface area contributed by atoms with Crippen molar-refractivity contribution >= 4 is 68.0 Å². The first-order valence-corrected chi connectivity index (χ1v) is 44.9. The Morgan fingerprint density at radius 3 is 0.842 bits per heavy atom. The first-order valence-electron chi connectivity index (χ1n) is 40.0. The molecule has 0 aromatic carbocycles. The summed E-state index contributed by atoms with van der Waals surface area (Å²) in [5.74, 6) is 3.96. The third-order valence-electron chi connectivity index (χ3n) is 21.0.